The van der Waals surface area contributed by atoms with E-state index in [-0.39, 0.29) is 20.1 Å². The fourth-order valence-electron chi connectivity index (χ4n) is 6.61. The van der Waals surface area contributed by atoms with E-state index in [1.54, 1.807) is 6.20 Å². The van der Waals surface area contributed by atoms with Gasteiger partial charge in [0, 0.05) is 43.4 Å². The van der Waals surface area contributed by atoms with Gasteiger partial charge in [0.1, 0.15) is 5.58 Å². The Balaban J connectivity index is 0.000000188. The van der Waals surface area contributed by atoms with Crippen LogP contribution in [0.4, 0.5) is 0 Å². The number of rotatable bonds is 3. The number of furan rings is 1. The minimum absolute atomic E-state index is 0. The average Bonchev–Trinajstić information content (AvgIpc) is 3.43. The molecule has 1 radical (unpaired) electrons. The molecule has 0 unspecified atom stereocenters. The minimum Gasteiger partial charge on any atom is -0.500 e. The van der Waals surface area contributed by atoms with Gasteiger partial charge in [0.2, 0.25) is 0 Å². The van der Waals surface area contributed by atoms with Crippen LogP contribution in [0.2, 0.25) is 0 Å². The third kappa shape index (κ3) is 4.91. The molecule has 3 fully saturated rings. The zero-order valence-electron chi connectivity index (χ0n) is 22.3. The molecule has 0 saturated heterocycles. The van der Waals surface area contributed by atoms with Crippen molar-refractivity contribution in [1.29, 1.82) is 0 Å². The average molecular weight is 699 g/mol. The van der Waals surface area contributed by atoms with Crippen molar-refractivity contribution in [2.75, 3.05) is 0 Å². The summed E-state index contributed by atoms with van der Waals surface area (Å²) in [6, 6.07) is 37.0. The second kappa shape index (κ2) is 11.5. The van der Waals surface area contributed by atoms with E-state index >= 15 is 0 Å². The molecule has 0 atom stereocenters. The summed E-state index contributed by atoms with van der Waals surface area (Å²) in [6.07, 6.45) is 11.7. The van der Waals surface area contributed by atoms with Crippen LogP contribution in [0.15, 0.2) is 108 Å². The molecule has 4 heteroatoms. The maximum Gasteiger partial charge on any atom is 0.124 e. The van der Waals surface area contributed by atoms with Gasteiger partial charge in [0.25, 0.3) is 0 Å². The smallest absolute Gasteiger partial charge is 0.124 e. The first kappa shape index (κ1) is 26.6. The van der Waals surface area contributed by atoms with Crippen molar-refractivity contribution in [2.45, 2.75) is 43.9 Å². The molecule has 3 aliphatic rings. The molecule has 0 aliphatic heterocycles. The molecule has 3 aromatic carbocycles. The van der Waals surface area contributed by atoms with Gasteiger partial charge in [-0.1, -0.05) is 53.4 Å². The Hall–Kier alpha value is -3.59. The van der Waals surface area contributed by atoms with Gasteiger partial charge in [-0.25, -0.2) is 0 Å². The molecule has 2 bridgehead atoms. The van der Waals surface area contributed by atoms with E-state index in [1.165, 1.54) is 54.9 Å². The van der Waals surface area contributed by atoms with Gasteiger partial charge in [0.05, 0.1) is 5.58 Å². The monoisotopic (exact) mass is 699 g/mol. The number of para-hydroxylation sites is 1. The van der Waals surface area contributed by atoms with E-state index in [2.05, 4.69) is 46.4 Å². The molecular weight excluding hydrogens is 669 g/mol. The molecule has 9 rings (SSSR count). The molecule has 6 aromatic rings. The fourth-order valence-corrected chi connectivity index (χ4v) is 6.61. The number of nitrogens with zero attached hydrogens (tertiary/aromatic N) is 2. The van der Waals surface area contributed by atoms with Gasteiger partial charge in [0.15, 0.2) is 0 Å². The van der Waals surface area contributed by atoms with Gasteiger partial charge < -0.3 is 14.4 Å². The van der Waals surface area contributed by atoms with Crippen LogP contribution in [0.25, 0.3) is 44.5 Å². The van der Waals surface area contributed by atoms with Crippen LogP contribution >= 0.6 is 0 Å². The third-order valence-electron chi connectivity index (χ3n) is 8.69. The molecule has 3 nitrogen and oxygen atoms in total. The summed E-state index contributed by atoms with van der Waals surface area (Å²) < 4.78 is 6.60. The third-order valence-corrected chi connectivity index (χ3v) is 8.69. The normalized spacial score (nSPS) is 19.6. The maximum atomic E-state index is 6.60. The fraction of sp³-hybridized carbons (Fsp3) is 0.222. The molecule has 40 heavy (non-hydrogen) atoms. The Morgan fingerprint density at radius 1 is 0.650 bits per heavy atom. The number of benzene rings is 3. The first-order valence-electron chi connectivity index (χ1n) is 14.0. The molecule has 3 aromatic heterocycles. The summed E-state index contributed by atoms with van der Waals surface area (Å²) >= 11 is 0. The van der Waals surface area contributed by atoms with E-state index in [0.29, 0.717) is 5.41 Å². The molecule has 3 saturated carbocycles. The minimum atomic E-state index is 0. The summed E-state index contributed by atoms with van der Waals surface area (Å²) in [5.41, 5.74) is 7.64. The predicted molar refractivity (Wildman–Crippen MR) is 157 cm³/mol. The summed E-state index contributed by atoms with van der Waals surface area (Å²) in [4.78, 5) is 8.74. The van der Waals surface area contributed by atoms with Crippen molar-refractivity contribution in [3.05, 3.63) is 121 Å². The summed E-state index contributed by atoms with van der Waals surface area (Å²) in [7, 11) is 0. The van der Waals surface area contributed by atoms with Crippen molar-refractivity contribution in [3.63, 3.8) is 0 Å². The zero-order valence-corrected chi connectivity index (χ0v) is 24.7. The quantitative estimate of drug-likeness (QED) is 0.173. The first-order valence-corrected chi connectivity index (χ1v) is 14.0. The van der Waals surface area contributed by atoms with Gasteiger partial charge in [-0.3, -0.25) is 0 Å². The van der Waals surface area contributed by atoms with Crippen molar-refractivity contribution in [2.24, 2.45) is 5.92 Å². The first-order chi connectivity index (χ1) is 19.3. The largest absolute Gasteiger partial charge is 0.500 e. The van der Waals surface area contributed by atoms with Gasteiger partial charge >= 0.3 is 0 Å². The van der Waals surface area contributed by atoms with Crippen molar-refractivity contribution in [3.8, 4) is 22.5 Å². The Bertz CT molecular complexity index is 1650. The number of pyridine rings is 2. The van der Waals surface area contributed by atoms with Crippen LogP contribution in [0.3, 0.4) is 0 Å². The van der Waals surface area contributed by atoms with Crippen molar-refractivity contribution in [1.82, 2.24) is 9.97 Å². The number of fused-ring (bicyclic) bond motifs is 6. The van der Waals surface area contributed by atoms with E-state index in [0.717, 1.165) is 39.6 Å². The Labute approximate surface area is 249 Å². The topological polar surface area (TPSA) is 38.9 Å². The summed E-state index contributed by atoms with van der Waals surface area (Å²) in [5.74, 6) is 0.965. The van der Waals surface area contributed by atoms with E-state index in [1.807, 2.05) is 72.9 Å². The van der Waals surface area contributed by atoms with E-state index in [9.17, 15) is 0 Å². The number of hydrogen-bond acceptors (Lipinski definition) is 3. The Morgan fingerprint density at radius 2 is 1.35 bits per heavy atom. The van der Waals surface area contributed by atoms with Crippen LogP contribution in [0.5, 0.6) is 0 Å². The molecule has 0 spiro atoms. The summed E-state index contributed by atoms with van der Waals surface area (Å²) in [5, 5.41) is 2.41. The van der Waals surface area contributed by atoms with Crippen LogP contribution in [-0.4, -0.2) is 9.97 Å². The second-order valence-electron chi connectivity index (χ2n) is 10.8. The van der Waals surface area contributed by atoms with Crippen molar-refractivity contribution >= 4 is 21.9 Å². The standard InChI is InChI=1S/C25H22NO.C11H8N.Ir/c1-2-16-26-22(9-1)20-7-3-5-18-19-6-4-8-21(24(19)27-23(18)20)25-13-10-17(11-14-25)12-15-25;1-2-6-10(7-3-1)11-8-4-5-9-12-11;/h1-6,8-9,16-17H,10-15H2;1-6,8-9H;/q2*-1;. The van der Waals surface area contributed by atoms with Crippen LogP contribution in [-0.2, 0) is 25.5 Å². The van der Waals surface area contributed by atoms with E-state index < -0.39 is 0 Å². The second-order valence-corrected chi connectivity index (χ2v) is 10.8. The number of aromatic nitrogens is 2. The Morgan fingerprint density at radius 3 is 2.02 bits per heavy atom. The maximum absolute atomic E-state index is 6.60. The van der Waals surface area contributed by atoms with Gasteiger partial charge in [-0.2, -0.15) is 0 Å². The molecule has 0 amide bonds. The summed E-state index contributed by atoms with van der Waals surface area (Å²) in [6.45, 7) is 0. The van der Waals surface area contributed by atoms with Gasteiger partial charge in [-0.15, -0.1) is 54.1 Å². The molecule has 3 heterocycles. The zero-order chi connectivity index (χ0) is 26.1. The van der Waals surface area contributed by atoms with E-state index in [4.69, 9.17) is 4.42 Å². The molecule has 3 aliphatic carbocycles. The SMILES string of the molecule is [Ir].[c-]1ccc2c(oc3c(C45CCC(CC4)CC5)cccc32)c1-c1ccccn1.[c-]1ccccc1-c1ccccn1. The predicted octanol–water partition coefficient (Wildman–Crippen LogP) is 9.22. The molecular formula is C36H30IrN2O-2. The molecule has 201 valence electrons. The van der Waals surface area contributed by atoms with Crippen LogP contribution in [0, 0.1) is 18.1 Å². The van der Waals surface area contributed by atoms with Crippen LogP contribution < -0.4 is 0 Å². The van der Waals surface area contributed by atoms with Gasteiger partial charge in [-0.05, 0) is 73.4 Å². The Kier molecular flexibility index (Phi) is 7.65. The molecule has 0 N–H and O–H groups in total. The number of hydrogen-bond donors (Lipinski definition) is 0. The van der Waals surface area contributed by atoms with Crippen LogP contribution in [0.1, 0.15) is 44.1 Å². The van der Waals surface area contributed by atoms with Crippen molar-refractivity contribution < 1.29 is 24.5 Å².